The average Bonchev–Trinajstić information content (AvgIpc) is 3.63. The smallest absolute Gasteiger partial charge is 0.326 e. The third-order valence-corrected chi connectivity index (χ3v) is 18.3. The van der Waals surface area contributed by atoms with Crippen LogP contribution in [0.2, 0.25) is 10.0 Å². The van der Waals surface area contributed by atoms with E-state index in [1.54, 1.807) is 0 Å². The lowest BCUT2D eigenvalue weighted by molar-refractivity contribution is -0.140. The van der Waals surface area contributed by atoms with Crippen LogP contribution < -0.4 is 10.6 Å². The molecule has 2 amide bonds. The molecule has 2 aromatic rings. The molecule has 0 aliphatic heterocycles. The predicted molar refractivity (Wildman–Crippen MR) is 276 cm³/mol. The lowest BCUT2D eigenvalue weighted by atomic mass is 9.44. The summed E-state index contributed by atoms with van der Waals surface area (Å²) in [5, 5.41) is 46.9. The number of hydrogen-bond acceptors (Lipinski definition) is 6. The van der Waals surface area contributed by atoms with Gasteiger partial charge in [-0.2, -0.15) is 0 Å². The minimum Gasteiger partial charge on any atom is -0.506 e. The van der Waals surface area contributed by atoms with Gasteiger partial charge >= 0.3 is 11.9 Å². The van der Waals surface area contributed by atoms with E-state index in [2.05, 4.69) is 45.3 Å². The van der Waals surface area contributed by atoms with Crippen LogP contribution in [0.5, 0.6) is 11.5 Å². The van der Waals surface area contributed by atoms with E-state index in [0.29, 0.717) is 45.8 Å². The number of carbonyl (C=O) groups is 4. The number of benzene rings is 2. The van der Waals surface area contributed by atoms with E-state index in [0.717, 1.165) is 48.3 Å². The second-order valence-electron chi connectivity index (χ2n) is 23.7. The van der Waals surface area contributed by atoms with Crippen LogP contribution in [0.15, 0.2) is 30.3 Å². The van der Waals surface area contributed by atoms with E-state index in [1.807, 2.05) is 33.8 Å². The van der Waals surface area contributed by atoms with Crippen LogP contribution >= 0.6 is 23.2 Å². The molecule has 12 heteroatoms. The Labute approximate surface area is 422 Å². The first-order valence-corrected chi connectivity index (χ1v) is 27.0. The molecule has 11 atom stereocenters. The van der Waals surface area contributed by atoms with Crippen molar-refractivity contribution in [3.63, 3.8) is 0 Å². The molecule has 382 valence electrons. The largest absolute Gasteiger partial charge is 0.506 e. The monoisotopic (exact) mass is 993 g/mol. The first-order chi connectivity index (χ1) is 32.4. The van der Waals surface area contributed by atoms with Crippen molar-refractivity contribution >= 4 is 52.5 Å². The van der Waals surface area contributed by atoms with Crippen LogP contribution in [0.1, 0.15) is 197 Å². The molecule has 0 radical (unpaired) electrons. The highest BCUT2D eigenvalue weighted by Gasteiger charge is 2.60. The topological polar surface area (TPSA) is 173 Å². The van der Waals surface area contributed by atoms with E-state index in [4.69, 9.17) is 23.2 Å². The van der Waals surface area contributed by atoms with Crippen LogP contribution in [0, 0.1) is 70.0 Å². The number of carbonyl (C=O) groups excluding carboxylic acids is 2. The summed E-state index contributed by atoms with van der Waals surface area (Å²) in [5.41, 5.74) is 1.66. The van der Waals surface area contributed by atoms with E-state index in [9.17, 15) is 39.6 Å². The lowest BCUT2D eigenvalue weighted by Gasteiger charge is -2.61. The van der Waals surface area contributed by atoms with Crippen molar-refractivity contribution < 1.29 is 39.6 Å². The molecule has 4 saturated carbocycles. The summed E-state index contributed by atoms with van der Waals surface area (Å²) in [4.78, 5) is 51.8. The summed E-state index contributed by atoms with van der Waals surface area (Å²) in [5.74, 6) is 0.846. The first kappa shape index (κ1) is 54.6. The van der Waals surface area contributed by atoms with Crippen molar-refractivity contribution in [1.29, 1.82) is 0 Å². The molecule has 0 heterocycles. The molecule has 0 aromatic heterocycles. The third kappa shape index (κ3) is 12.3. The van der Waals surface area contributed by atoms with Gasteiger partial charge in [-0.3, -0.25) is 9.59 Å². The number of nitrogens with one attached hydrogen (secondary N) is 2. The van der Waals surface area contributed by atoms with Gasteiger partial charge in [0.1, 0.15) is 23.6 Å². The molecule has 0 bridgehead atoms. The zero-order valence-corrected chi connectivity index (χ0v) is 44.3. The number of phenolic OH excluding ortho intramolecular Hbond substituents is 2. The summed E-state index contributed by atoms with van der Waals surface area (Å²) >= 11 is 13.3. The first-order valence-electron chi connectivity index (χ1n) is 26.3. The fourth-order valence-electron chi connectivity index (χ4n) is 14.2. The maximum Gasteiger partial charge on any atom is 0.326 e. The highest BCUT2D eigenvalue weighted by atomic mass is 35.5. The van der Waals surface area contributed by atoms with Gasteiger partial charge in [-0.1, -0.05) is 111 Å². The number of fused-ring (bicyclic) bond motifs is 5. The number of hydrogen-bond donors (Lipinski definition) is 6. The molecule has 4 aliphatic rings. The zero-order valence-electron chi connectivity index (χ0n) is 42.8. The number of carboxylic acid groups (broad SMARTS) is 2. The minimum atomic E-state index is -1.21. The molecule has 10 nitrogen and oxygen atoms in total. The minimum absolute atomic E-state index is 0.0409. The Morgan fingerprint density at radius 1 is 0.681 bits per heavy atom. The van der Waals surface area contributed by atoms with Crippen molar-refractivity contribution in [2.24, 2.45) is 70.0 Å². The van der Waals surface area contributed by atoms with Crippen LogP contribution in [-0.2, 0) is 9.59 Å². The van der Waals surface area contributed by atoms with Crippen molar-refractivity contribution in [2.45, 2.75) is 177 Å². The summed E-state index contributed by atoms with van der Waals surface area (Å²) in [6.45, 7) is 19.9. The maximum atomic E-state index is 13.7. The second-order valence-corrected chi connectivity index (χ2v) is 24.5. The van der Waals surface area contributed by atoms with Gasteiger partial charge in [0.05, 0.1) is 21.2 Å². The van der Waals surface area contributed by atoms with E-state index >= 15 is 0 Å². The van der Waals surface area contributed by atoms with Crippen molar-refractivity contribution in [3.05, 3.63) is 62.6 Å². The molecule has 4 fully saturated rings. The number of phenols is 2. The summed E-state index contributed by atoms with van der Waals surface area (Å²) in [6.07, 6.45) is 19.6. The van der Waals surface area contributed by atoms with Gasteiger partial charge in [-0.25, -0.2) is 9.59 Å². The second kappa shape index (κ2) is 22.8. The van der Waals surface area contributed by atoms with Crippen molar-refractivity contribution in [3.8, 4) is 11.5 Å². The Balaban J connectivity index is 1.25. The average molecular weight is 994 g/mol. The van der Waals surface area contributed by atoms with Gasteiger partial charge in [0.2, 0.25) is 0 Å². The normalized spacial score (nSPS) is 27.7. The van der Waals surface area contributed by atoms with Gasteiger partial charge in [0.25, 0.3) is 11.8 Å². The SMILES string of the molecule is CC(C)CCCC(C)[C@H]1CCC2C3CCC4C[C@@H](CCC=C(c5cc(Cl)c(O)c(C(=O)N[C@@H](CC(C)C)C(=O)O)c5)c5cc(Cl)c(O)c(C(=O)N[C@@H](CC(C)C)C(=O)O)c5)CC[C@]4(C)C3CC[C@@]21C. The third-order valence-electron chi connectivity index (χ3n) is 17.8. The van der Waals surface area contributed by atoms with Gasteiger partial charge in [0, 0.05) is 0 Å². The highest BCUT2D eigenvalue weighted by molar-refractivity contribution is 6.33. The molecular formula is C57H82Cl2N2O8. The number of allylic oxidation sites excluding steroid dienone is 1. The van der Waals surface area contributed by atoms with E-state index in [-0.39, 0.29) is 45.8 Å². The highest BCUT2D eigenvalue weighted by Crippen LogP contribution is 2.69. The molecule has 0 saturated heterocycles. The van der Waals surface area contributed by atoms with Crippen LogP contribution in [0.3, 0.4) is 0 Å². The zero-order chi connectivity index (χ0) is 50.7. The van der Waals surface area contributed by atoms with Gasteiger partial charge in [0.15, 0.2) is 0 Å². The molecular weight excluding hydrogens is 912 g/mol. The summed E-state index contributed by atoms with van der Waals surface area (Å²) < 4.78 is 0. The Kier molecular flexibility index (Phi) is 18.0. The molecule has 4 aliphatic carbocycles. The summed E-state index contributed by atoms with van der Waals surface area (Å²) in [6, 6.07) is 3.48. The van der Waals surface area contributed by atoms with Crippen LogP contribution in [0.4, 0.5) is 0 Å². The molecule has 5 unspecified atom stereocenters. The predicted octanol–water partition coefficient (Wildman–Crippen LogP) is 13.8. The van der Waals surface area contributed by atoms with Crippen molar-refractivity contribution in [1.82, 2.24) is 10.6 Å². The van der Waals surface area contributed by atoms with Crippen LogP contribution in [0.25, 0.3) is 5.57 Å². The number of carboxylic acids is 2. The van der Waals surface area contributed by atoms with Gasteiger partial charge in [-0.15, -0.1) is 0 Å². The fourth-order valence-corrected chi connectivity index (χ4v) is 14.7. The lowest BCUT2D eigenvalue weighted by Crippen LogP contribution is -2.53. The maximum absolute atomic E-state index is 13.7. The van der Waals surface area contributed by atoms with E-state index < -0.39 is 47.3 Å². The number of aromatic hydroxyl groups is 2. The van der Waals surface area contributed by atoms with Gasteiger partial charge in [-0.05, 0) is 194 Å². The number of rotatable bonds is 20. The number of aliphatic carboxylic acids is 2. The molecule has 69 heavy (non-hydrogen) atoms. The summed E-state index contributed by atoms with van der Waals surface area (Å²) in [7, 11) is 0. The molecule has 2 aromatic carbocycles. The number of amides is 2. The standard InChI is InChI=1S/C57H82Cl2N2O8/c1-31(2)12-10-13-34(7)43-18-19-44-40-17-16-38-26-35(20-22-56(38,8)45(40)21-23-57(43,44)9)14-11-15-39(36-27-41(50(62)46(58)29-36)52(64)60-48(54(66)67)24-32(3)4)37-28-42(51(63)47(59)30-37)53(65)61-49(55(68)69)25-33(5)6/h15,27-35,38,40,43-45,48-49,62-63H,10-14,16-26H2,1-9H3,(H,60,64)(H,61,65)(H,66,67)(H,68,69)/t34?,35-,38?,40?,43+,44?,45?,48-,49-,56-,57+/m0/s1. The van der Waals surface area contributed by atoms with E-state index in [1.165, 1.54) is 94.9 Å². The Morgan fingerprint density at radius 2 is 1.20 bits per heavy atom. The Bertz CT molecular complexity index is 2120. The fraction of sp³-hybridized carbons (Fsp3) is 0.684. The van der Waals surface area contributed by atoms with Gasteiger partial charge < -0.3 is 31.1 Å². The molecule has 0 spiro atoms. The Hall–Kier alpha value is -3.76. The van der Waals surface area contributed by atoms with Crippen LogP contribution in [-0.4, -0.2) is 56.3 Å². The molecule has 6 rings (SSSR count). The quantitative estimate of drug-likeness (QED) is 0.0760. The molecule has 6 N–H and O–H groups in total. The Morgan fingerprint density at radius 3 is 1.71 bits per heavy atom. The van der Waals surface area contributed by atoms with Crippen molar-refractivity contribution in [2.75, 3.05) is 0 Å². The number of halogens is 2.